The third-order valence-corrected chi connectivity index (χ3v) is 3.78. The minimum Gasteiger partial charge on any atom is -0.449 e. The Labute approximate surface area is 157 Å². The first-order valence-electron chi connectivity index (χ1n) is 8.16. The van der Waals surface area contributed by atoms with E-state index in [0.29, 0.717) is 17.4 Å². The highest BCUT2D eigenvalue weighted by atomic mass is 19.1. The van der Waals surface area contributed by atoms with E-state index in [1.165, 1.54) is 43.3 Å². The van der Waals surface area contributed by atoms with Gasteiger partial charge in [0.1, 0.15) is 23.2 Å². The Balaban J connectivity index is 1.63. The quantitative estimate of drug-likeness (QED) is 0.650. The second-order valence-corrected chi connectivity index (χ2v) is 5.83. The lowest BCUT2D eigenvalue weighted by Crippen LogP contribution is -2.30. The van der Waals surface area contributed by atoms with Crippen molar-refractivity contribution in [2.24, 2.45) is 0 Å². The van der Waals surface area contributed by atoms with E-state index in [-0.39, 0.29) is 11.4 Å². The summed E-state index contributed by atoms with van der Waals surface area (Å²) < 4.78 is 49.8. The van der Waals surface area contributed by atoms with Gasteiger partial charge in [-0.3, -0.25) is 4.79 Å². The average Bonchev–Trinajstić information content (AvgIpc) is 3.14. The molecule has 0 aliphatic rings. The number of esters is 1. The number of hydrogen-bond donors (Lipinski definition) is 1. The van der Waals surface area contributed by atoms with Crippen LogP contribution in [0.3, 0.4) is 0 Å². The van der Waals surface area contributed by atoms with Crippen LogP contribution in [0.25, 0.3) is 11.3 Å². The highest BCUT2D eigenvalue weighted by Crippen LogP contribution is 2.23. The molecular formula is C20H14F3NO4. The van der Waals surface area contributed by atoms with Crippen LogP contribution in [0.15, 0.2) is 59.0 Å². The predicted molar refractivity (Wildman–Crippen MR) is 94.0 cm³/mol. The maximum atomic E-state index is 13.6. The lowest BCUT2D eigenvalue weighted by atomic mass is 10.2. The Morgan fingerprint density at radius 2 is 1.64 bits per heavy atom. The van der Waals surface area contributed by atoms with Crippen molar-refractivity contribution in [3.63, 3.8) is 0 Å². The van der Waals surface area contributed by atoms with E-state index in [0.717, 1.165) is 12.1 Å². The molecular weight excluding hydrogens is 375 g/mol. The summed E-state index contributed by atoms with van der Waals surface area (Å²) in [7, 11) is 0. The van der Waals surface area contributed by atoms with E-state index in [1.54, 1.807) is 0 Å². The molecule has 1 N–H and O–H groups in total. The standard InChI is InChI=1S/C20H14F3NO4/c1-11(19(25)24-16-7-6-14(22)10-15(16)23)27-20(26)18-9-8-17(28-18)12-2-4-13(21)5-3-12/h2-11H,1H3,(H,24,25)/t11-/m1/s1. The molecule has 0 fully saturated rings. The molecule has 0 spiro atoms. The average molecular weight is 389 g/mol. The highest BCUT2D eigenvalue weighted by Gasteiger charge is 2.22. The fourth-order valence-corrected chi connectivity index (χ4v) is 2.31. The third-order valence-electron chi connectivity index (χ3n) is 3.78. The summed E-state index contributed by atoms with van der Waals surface area (Å²) in [6, 6.07) is 11.0. The maximum absolute atomic E-state index is 13.6. The van der Waals surface area contributed by atoms with Crippen LogP contribution < -0.4 is 5.32 Å². The molecule has 1 heterocycles. The number of anilines is 1. The number of carbonyl (C=O) groups excluding carboxylic acids is 2. The Kier molecular flexibility index (Phi) is 5.49. The fourth-order valence-electron chi connectivity index (χ4n) is 2.31. The van der Waals surface area contributed by atoms with Crippen molar-refractivity contribution in [3.8, 4) is 11.3 Å². The lowest BCUT2D eigenvalue weighted by molar-refractivity contribution is -0.123. The summed E-state index contributed by atoms with van der Waals surface area (Å²) in [6.07, 6.45) is -1.27. The maximum Gasteiger partial charge on any atom is 0.375 e. The van der Waals surface area contributed by atoms with Gasteiger partial charge >= 0.3 is 5.97 Å². The van der Waals surface area contributed by atoms with Crippen LogP contribution in [-0.4, -0.2) is 18.0 Å². The van der Waals surface area contributed by atoms with Crippen molar-refractivity contribution in [1.29, 1.82) is 0 Å². The van der Waals surface area contributed by atoms with Gasteiger partial charge in [0.2, 0.25) is 5.76 Å². The number of furan rings is 1. The Bertz CT molecular complexity index is 1010. The summed E-state index contributed by atoms with van der Waals surface area (Å²) in [5.41, 5.74) is 0.309. The molecule has 5 nitrogen and oxygen atoms in total. The lowest BCUT2D eigenvalue weighted by Gasteiger charge is -2.13. The minimum atomic E-state index is -1.27. The van der Waals surface area contributed by atoms with E-state index >= 15 is 0 Å². The zero-order chi connectivity index (χ0) is 20.3. The molecule has 0 unspecified atom stereocenters. The molecule has 2 aromatic carbocycles. The molecule has 1 atom stereocenters. The molecule has 0 saturated heterocycles. The van der Waals surface area contributed by atoms with Crippen molar-refractivity contribution in [3.05, 3.63) is 77.8 Å². The van der Waals surface area contributed by atoms with Crippen molar-refractivity contribution in [2.75, 3.05) is 5.32 Å². The van der Waals surface area contributed by atoms with Crippen LogP contribution >= 0.6 is 0 Å². The van der Waals surface area contributed by atoms with Gasteiger partial charge in [-0.05, 0) is 55.5 Å². The van der Waals surface area contributed by atoms with Gasteiger partial charge in [0.25, 0.3) is 5.91 Å². The summed E-state index contributed by atoms with van der Waals surface area (Å²) in [5, 5.41) is 2.21. The highest BCUT2D eigenvalue weighted by molar-refractivity contribution is 5.96. The van der Waals surface area contributed by atoms with Crippen molar-refractivity contribution in [2.45, 2.75) is 13.0 Å². The molecule has 1 aromatic heterocycles. The second-order valence-electron chi connectivity index (χ2n) is 5.83. The molecule has 1 amide bonds. The van der Waals surface area contributed by atoms with Gasteiger partial charge in [-0.25, -0.2) is 18.0 Å². The van der Waals surface area contributed by atoms with E-state index in [9.17, 15) is 22.8 Å². The summed E-state index contributed by atoms with van der Waals surface area (Å²) in [5.74, 6) is -3.71. The van der Waals surface area contributed by atoms with Gasteiger partial charge in [0.15, 0.2) is 6.10 Å². The van der Waals surface area contributed by atoms with Crippen molar-refractivity contribution >= 4 is 17.6 Å². The molecule has 8 heteroatoms. The van der Waals surface area contributed by atoms with Crippen LogP contribution in [-0.2, 0) is 9.53 Å². The Hall–Kier alpha value is -3.55. The number of nitrogens with one attached hydrogen (secondary N) is 1. The van der Waals surface area contributed by atoms with Gasteiger partial charge in [0.05, 0.1) is 5.69 Å². The topological polar surface area (TPSA) is 68.5 Å². The molecule has 28 heavy (non-hydrogen) atoms. The largest absolute Gasteiger partial charge is 0.449 e. The molecule has 144 valence electrons. The van der Waals surface area contributed by atoms with Crippen LogP contribution in [0.2, 0.25) is 0 Å². The number of rotatable bonds is 5. The molecule has 0 radical (unpaired) electrons. The smallest absolute Gasteiger partial charge is 0.375 e. The van der Waals surface area contributed by atoms with Crippen molar-refractivity contribution < 1.29 is 31.9 Å². The number of carbonyl (C=O) groups is 2. The number of amides is 1. The zero-order valence-corrected chi connectivity index (χ0v) is 14.5. The van der Waals surface area contributed by atoms with Crippen LogP contribution in [0.4, 0.5) is 18.9 Å². The summed E-state index contributed by atoms with van der Waals surface area (Å²) in [6.45, 7) is 1.29. The number of ether oxygens (including phenoxy) is 1. The molecule has 3 rings (SSSR count). The second kappa shape index (κ2) is 7.99. The number of hydrogen-bond acceptors (Lipinski definition) is 4. The fraction of sp³-hybridized carbons (Fsp3) is 0.100. The van der Waals surface area contributed by atoms with E-state index in [1.807, 2.05) is 0 Å². The third kappa shape index (κ3) is 4.40. The SMILES string of the molecule is C[C@@H](OC(=O)c1ccc(-c2ccc(F)cc2)o1)C(=O)Nc1ccc(F)cc1F. The molecule has 0 aliphatic heterocycles. The van der Waals surface area contributed by atoms with Gasteiger partial charge in [-0.15, -0.1) is 0 Å². The molecule has 0 aliphatic carbocycles. The van der Waals surface area contributed by atoms with E-state index in [2.05, 4.69) is 5.32 Å². The molecule has 3 aromatic rings. The van der Waals surface area contributed by atoms with Gasteiger partial charge < -0.3 is 14.5 Å². The number of benzene rings is 2. The van der Waals surface area contributed by atoms with E-state index in [4.69, 9.17) is 9.15 Å². The van der Waals surface area contributed by atoms with E-state index < -0.39 is 35.4 Å². The normalized spacial score (nSPS) is 11.7. The first-order valence-corrected chi connectivity index (χ1v) is 8.16. The van der Waals surface area contributed by atoms with Crippen LogP contribution in [0, 0.1) is 17.5 Å². The van der Waals surface area contributed by atoms with Gasteiger partial charge in [-0.1, -0.05) is 0 Å². The Morgan fingerprint density at radius 3 is 2.32 bits per heavy atom. The predicted octanol–water partition coefficient (Wildman–Crippen LogP) is 4.55. The Morgan fingerprint density at radius 1 is 0.964 bits per heavy atom. The van der Waals surface area contributed by atoms with Gasteiger partial charge in [-0.2, -0.15) is 0 Å². The molecule has 0 saturated carbocycles. The minimum absolute atomic E-state index is 0.160. The monoisotopic (exact) mass is 389 g/mol. The summed E-state index contributed by atoms with van der Waals surface area (Å²) >= 11 is 0. The molecule has 0 bridgehead atoms. The number of halogens is 3. The van der Waals surface area contributed by atoms with Crippen LogP contribution in [0.1, 0.15) is 17.5 Å². The van der Waals surface area contributed by atoms with Crippen molar-refractivity contribution in [1.82, 2.24) is 0 Å². The summed E-state index contributed by atoms with van der Waals surface area (Å²) in [4.78, 5) is 24.2. The zero-order valence-electron chi connectivity index (χ0n) is 14.5. The first kappa shape index (κ1) is 19.2. The van der Waals surface area contributed by atoms with Gasteiger partial charge in [0, 0.05) is 11.6 Å². The van der Waals surface area contributed by atoms with Crippen LogP contribution in [0.5, 0.6) is 0 Å². The first-order chi connectivity index (χ1) is 13.3.